The van der Waals surface area contributed by atoms with Crippen molar-refractivity contribution in [2.75, 3.05) is 39.8 Å². The maximum Gasteiger partial charge on any atom is 0.278 e. The van der Waals surface area contributed by atoms with E-state index in [4.69, 9.17) is 16.3 Å². The average molecular weight is 440 g/mol. The van der Waals surface area contributed by atoms with E-state index in [2.05, 4.69) is 11.9 Å². The lowest BCUT2D eigenvalue weighted by Crippen LogP contribution is -2.46. The van der Waals surface area contributed by atoms with E-state index in [9.17, 15) is 9.59 Å². The zero-order valence-corrected chi connectivity index (χ0v) is 18.6. The van der Waals surface area contributed by atoms with Crippen molar-refractivity contribution in [3.8, 4) is 5.75 Å². The summed E-state index contributed by atoms with van der Waals surface area (Å²) in [4.78, 5) is 32.5. The SMILES string of the molecule is CCOc1ccc(C2=C(N3CCN(C)CC3)C(=O)N(Cc3ccc(Cl)cc3)C2=O)cc1. The molecule has 2 heterocycles. The number of halogens is 1. The first-order chi connectivity index (χ1) is 15.0. The van der Waals surface area contributed by atoms with Crippen molar-refractivity contribution >= 4 is 29.0 Å². The Morgan fingerprint density at radius 1 is 0.903 bits per heavy atom. The van der Waals surface area contributed by atoms with Crippen molar-refractivity contribution in [1.29, 1.82) is 0 Å². The fourth-order valence-electron chi connectivity index (χ4n) is 3.95. The second-order valence-corrected chi connectivity index (χ2v) is 8.23. The second kappa shape index (κ2) is 9.12. The van der Waals surface area contributed by atoms with E-state index in [1.807, 2.05) is 48.2 Å². The lowest BCUT2D eigenvalue weighted by molar-refractivity contribution is -0.138. The Balaban J connectivity index is 1.69. The minimum Gasteiger partial charge on any atom is -0.494 e. The average Bonchev–Trinajstić information content (AvgIpc) is 3.01. The van der Waals surface area contributed by atoms with E-state index in [-0.39, 0.29) is 18.4 Å². The van der Waals surface area contributed by atoms with Crippen LogP contribution in [0.5, 0.6) is 5.75 Å². The van der Waals surface area contributed by atoms with Gasteiger partial charge in [0.1, 0.15) is 11.4 Å². The maximum atomic E-state index is 13.5. The van der Waals surface area contributed by atoms with E-state index in [0.717, 1.165) is 30.0 Å². The van der Waals surface area contributed by atoms with Crippen LogP contribution in [0.25, 0.3) is 5.57 Å². The topological polar surface area (TPSA) is 53.1 Å². The van der Waals surface area contributed by atoms with Crippen molar-refractivity contribution in [3.63, 3.8) is 0 Å². The first-order valence-corrected chi connectivity index (χ1v) is 10.9. The minimum atomic E-state index is -0.266. The highest BCUT2D eigenvalue weighted by Crippen LogP contribution is 2.34. The Bertz CT molecular complexity index is 994. The van der Waals surface area contributed by atoms with Gasteiger partial charge in [0, 0.05) is 31.2 Å². The molecular weight excluding hydrogens is 414 g/mol. The first-order valence-electron chi connectivity index (χ1n) is 10.5. The van der Waals surface area contributed by atoms with Crippen LogP contribution >= 0.6 is 11.6 Å². The number of benzene rings is 2. The van der Waals surface area contributed by atoms with Gasteiger partial charge in [-0.3, -0.25) is 14.5 Å². The van der Waals surface area contributed by atoms with Gasteiger partial charge in [-0.1, -0.05) is 35.9 Å². The van der Waals surface area contributed by atoms with Gasteiger partial charge in [0.25, 0.3) is 11.8 Å². The minimum absolute atomic E-state index is 0.215. The predicted molar refractivity (Wildman–Crippen MR) is 121 cm³/mol. The van der Waals surface area contributed by atoms with Gasteiger partial charge in [0.05, 0.1) is 18.7 Å². The summed E-state index contributed by atoms with van der Waals surface area (Å²) in [7, 11) is 2.06. The van der Waals surface area contributed by atoms with Crippen LogP contribution in [0.2, 0.25) is 5.02 Å². The molecule has 0 saturated carbocycles. The number of carbonyl (C=O) groups is 2. The van der Waals surface area contributed by atoms with Crippen LogP contribution in [0, 0.1) is 0 Å². The predicted octanol–water partition coefficient (Wildman–Crippen LogP) is 3.27. The summed E-state index contributed by atoms with van der Waals surface area (Å²) in [6, 6.07) is 14.6. The molecule has 2 aliphatic heterocycles. The number of hydrogen-bond acceptors (Lipinski definition) is 5. The summed E-state index contributed by atoms with van der Waals surface area (Å²) in [6.45, 7) is 5.82. The van der Waals surface area contributed by atoms with Crippen molar-refractivity contribution < 1.29 is 14.3 Å². The molecule has 4 rings (SSSR count). The van der Waals surface area contributed by atoms with Gasteiger partial charge >= 0.3 is 0 Å². The van der Waals surface area contributed by atoms with Crippen molar-refractivity contribution in [3.05, 3.63) is 70.4 Å². The van der Waals surface area contributed by atoms with Gasteiger partial charge in [-0.15, -0.1) is 0 Å². The molecule has 0 spiro atoms. The monoisotopic (exact) mass is 439 g/mol. The molecule has 0 N–H and O–H groups in total. The smallest absolute Gasteiger partial charge is 0.278 e. The number of amides is 2. The highest BCUT2D eigenvalue weighted by molar-refractivity contribution is 6.35. The zero-order chi connectivity index (χ0) is 22.0. The number of nitrogens with zero attached hydrogens (tertiary/aromatic N) is 3. The van der Waals surface area contributed by atoms with Crippen LogP contribution in [-0.4, -0.2) is 66.3 Å². The second-order valence-electron chi connectivity index (χ2n) is 7.79. The summed E-state index contributed by atoms with van der Waals surface area (Å²) >= 11 is 5.98. The molecule has 162 valence electrons. The summed E-state index contributed by atoms with van der Waals surface area (Å²) in [6.07, 6.45) is 0. The molecule has 2 aromatic carbocycles. The lowest BCUT2D eigenvalue weighted by Gasteiger charge is -2.34. The number of hydrogen-bond donors (Lipinski definition) is 0. The third-order valence-electron chi connectivity index (χ3n) is 5.67. The third kappa shape index (κ3) is 4.45. The van der Waals surface area contributed by atoms with E-state index in [1.165, 1.54) is 4.90 Å². The fraction of sp³-hybridized carbons (Fsp3) is 0.333. The molecule has 0 aliphatic carbocycles. The molecule has 6 nitrogen and oxygen atoms in total. The van der Waals surface area contributed by atoms with Crippen LogP contribution in [0.15, 0.2) is 54.2 Å². The first kappa shape index (κ1) is 21.4. The normalized spacial score (nSPS) is 17.6. The molecule has 0 aromatic heterocycles. The Hall–Kier alpha value is -2.83. The molecule has 7 heteroatoms. The molecular formula is C24H26ClN3O3. The van der Waals surface area contributed by atoms with E-state index in [0.29, 0.717) is 36.0 Å². The van der Waals surface area contributed by atoms with Crippen molar-refractivity contribution in [2.24, 2.45) is 0 Å². The van der Waals surface area contributed by atoms with Crippen LogP contribution in [0.1, 0.15) is 18.1 Å². The molecule has 0 atom stereocenters. The summed E-state index contributed by atoms with van der Waals surface area (Å²) in [5, 5.41) is 0.620. The molecule has 2 amide bonds. The van der Waals surface area contributed by atoms with Gasteiger partial charge in [0.15, 0.2) is 0 Å². The zero-order valence-electron chi connectivity index (χ0n) is 17.8. The molecule has 1 saturated heterocycles. The summed E-state index contributed by atoms with van der Waals surface area (Å²) in [5.41, 5.74) is 2.55. The highest BCUT2D eigenvalue weighted by Gasteiger charge is 2.42. The largest absolute Gasteiger partial charge is 0.494 e. The highest BCUT2D eigenvalue weighted by atomic mass is 35.5. The van der Waals surface area contributed by atoms with Crippen LogP contribution < -0.4 is 4.74 Å². The molecule has 2 aliphatic rings. The van der Waals surface area contributed by atoms with E-state index >= 15 is 0 Å². The van der Waals surface area contributed by atoms with E-state index < -0.39 is 0 Å². The number of likely N-dealkylation sites (N-methyl/N-ethyl adjacent to an activating group) is 1. The number of carbonyl (C=O) groups excluding carboxylic acids is 2. The number of imide groups is 1. The summed E-state index contributed by atoms with van der Waals surface area (Å²) in [5.74, 6) is 0.231. The van der Waals surface area contributed by atoms with Crippen molar-refractivity contribution in [1.82, 2.24) is 14.7 Å². The Morgan fingerprint density at radius 3 is 2.16 bits per heavy atom. The number of rotatable bonds is 6. The summed E-state index contributed by atoms with van der Waals surface area (Å²) < 4.78 is 5.53. The van der Waals surface area contributed by atoms with Crippen LogP contribution in [0.4, 0.5) is 0 Å². The van der Waals surface area contributed by atoms with Crippen LogP contribution in [-0.2, 0) is 16.1 Å². The van der Waals surface area contributed by atoms with Crippen LogP contribution in [0.3, 0.4) is 0 Å². The molecule has 1 fully saturated rings. The maximum absolute atomic E-state index is 13.5. The van der Waals surface area contributed by atoms with Gasteiger partial charge < -0.3 is 14.5 Å². The van der Waals surface area contributed by atoms with Gasteiger partial charge in [-0.2, -0.15) is 0 Å². The quantitative estimate of drug-likeness (QED) is 0.646. The number of ether oxygens (including phenoxy) is 1. The standard InChI is InChI=1S/C24H26ClN3O3/c1-3-31-20-10-6-18(7-11-20)21-22(27-14-12-26(2)13-15-27)24(30)28(23(21)29)16-17-4-8-19(25)9-5-17/h4-11H,3,12-16H2,1-2H3. The Morgan fingerprint density at radius 2 is 1.55 bits per heavy atom. The number of piperazine rings is 1. The Labute approximate surface area is 187 Å². The molecule has 2 aromatic rings. The fourth-order valence-corrected chi connectivity index (χ4v) is 4.07. The molecule has 0 bridgehead atoms. The van der Waals surface area contributed by atoms with E-state index in [1.54, 1.807) is 12.1 Å². The van der Waals surface area contributed by atoms with Gasteiger partial charge in [0.2, 0.25) is 0 Å². The molecule has 31 heavy (non-hydrogen) atoms. The van der Waals surface area contributed by atoms with Gasteiger partial charge in [-0.05, 0) is 49.4 Å². The van der Waals surface area contributed by atoms with Gasteiger partial charge in [-0.25, -0.2) is 0 Å². The third-order valence-corrected chi connectivity index (χ3v) is 5.92. The molecule has 0 unspecified atom stereocenters. The lowest BCUT2D eigenvalue weighted by atomic mass is 10.0. The molecule has 0 radical (unpaired) electrons. The Kier molecular flexibility index (Phi) is 6.30. The van der Waals surface area contributed by atoms with Crippen molar-refractivity contribution in [2.45, 2.75) is 13.5 Å².